The first-order chi connectivity index (χ1) is 7.09. The van der Waals surface area contributed by atoms with E-state index in [4.69, 9.17) is 0 Å². The third-order valence-corrected chi connectivity index (χ3v) is 2.72. The second-order valence-electron chi connectivity index (χ2n) is 4.25. The fraction of sp³-hybridized carbons (Fsp3) is 0.455. The third-order valence-electron chi connectivity index (χ3n) is 2.72. The molecule has 0 spiro atoms. The van der Waals surface area contributed by atoms with Gasteiger partial charge in [-0.2, -0.15) is 6.42 Å². The van der Waals surface area contributed by atoms with E-state index < -0.39 is 11.6 Å². The van der Waals surface area contributed by atoms with Crippen LogP contribution in [0.15, 0.2) is 12.3 Å². The van der Waals surface area contributed by atoms with Crippen LogP contribution in [0.3, 0.4) is 0 Å². The number of nitrogens with zero attached hydrogens (tertiary/aromatic N) is 1. The maximum absolute atomic E-state index is 13.3. The zero-order valence-electron chi connectivity index (χ0n) is 8.81. The molecule has 1 fully saturated rings. The predicted molar refractivity (Wildman–Crippen MR) is 53.1 cm³/mol. The van der Waals surface area contributed by atoms with Gasteiger partial charge in [-0.1, -0.05) is 24.1 Å². The smallest absolute Gasteiger partial charge is 0.126 e. The van der Waals surface area contributed by atoms with Gasteiger partial charge in [-0.05, 0) is 25.3 Å². The number of nitrogens with one attached hydrogen (secondary N) is 1. The van der Waals surface area contributed by atoms with E-state index in [2.05, 4.69) is 10.3 Å². The van der Waals surface area contributed by atoms with Crippen molar-refractivity contribution in [1.82, 2.24) is 10.3 Å². The van der Waals surface area contributed by atoms with Crippen LogP contribution < -0.4 is 5.32 Å². The summed E-state index contributed by atoms with van der Waals surface area (Å²) in [5.74, 6) is -1.23. The van der Waals surface area contributed by atoms with E-state index >= 15 is 0 Å². The molecule has 1 N–H and O–H groups in total. The van der Waals surface area contributed by atoms with E-state index in [1.165, 1.54) is 0 Å². The van der Waals surface area contributed by atoms with E-state index in [0.717, 1.165) is 31.8 Å². The molecule has 1 aliphatic heterocycles. The molecule has 97 valence electrons. The molecule has 0 aromatic carbocycles. The van der Waals surface area contributed by atoms with Gasteiger partial charge < -0.3 is 9.71 Å². The molecular formula is C11H13F2LrN2-. The topological polar surface area (TPSA) is 24.9 Å². The van der Waals surface area contributed by atoms with Gasteiger partial charge in [0.25, 0.3) is 0 Å². The molecule has 1 atom stereocenters. The van der Waals surface area contributed by atoms with Crippen molar-refractivity contribution in [2.75, 3.05) is 13.1 Å². The minimum atomic E-state index is -0.639. The van der Waals surface area contributed by atoms with Gasteiger partial charge in [0.2, 0.25) is 0 Å². The standard InChI is InChI=1S/C11H13F2N2.Lr/c1-11(2-3-14-7-11)5-10-9(13)4-8(12)6-15-10;/h4-6,14H,2-3,7H2,1H3;/q-1;/t11-;/m1./s1. The molecule has 0 unspecified atom stereocenters. The summed E-state index contributed by atoms with van der Waals surface area (Å²) in [5.41, 5.74) is 0.161. The number of hydrogen-bond acceptors (Lipinski definition) is 2. The molecule has 16 heavy (non-hydrogen) atoms. The van der Waals surface area contributed by atoms with Crippen LogP contribution in [0.2, 0.25) is 0 Å². The van der Waals surface area contributed by atoms with Gasteiger partial charge in [0.15, 0.2) is 0 Å². The maximum atomic E-state index is 13.3. The summed E-state index contributed by atoms with van der Waals surface area (Å²) in [5, 5.41) is 3.21. The molecule has 2 nitrogen and oxygen atoms in total. The van der Waals surface area contributed by atoms with Gasteiger partial charge in [-0.15, -0.1) is 0 Å². The monoisotopic (exact) mass is 473 g/mol. The Bertz CT molecular complexity index is 365. The van der Waals surface area contributed by atoms with Gasteiger partial charge >= 0.3 is 0 Å². The Morgan fingerprint density at radius 2 is 2.25 bits per heavy atom. The van der Waals surface area contributed by atoms with E-state index in [0.29, 0.717) is 0 Å². The summed E-state index contributed by atoms with van der Waals surface area (Å²) in [7, 11) is 0. The number of rotatable bonds is 2. The van der Waals surface area contributed by atoms with Gasteiger partial charge in [-0.25, -0.2) is 4.39 Å². The summed E-state index contributed by atoms with van der Waals surface area (Å²) in [4.78, 5) is 3.75. The van der Waals surface area contributed by atoms with Gasteiger partial charge in [-0.3, -0.25) is 4.98 Å². The van der Waals surface area contributed by atoms with Crippen molar-refractivity contribution in [2.24, 2.45) is 5.41 Å². The van der Waals surface area contributed by atoms with Crippen LogP contribution in [0.25, 0.3) is 0 Å². The maximum Gasteiger partial charge on any atom is 0.126 e. The van der Waals surface area contributed by atoms with Crippen LogP contribution in [0.5, 0.6) is 0 Å². The SMILES string of the molecule is C[C@]1([CH-]c2ncc(F)cc2F)CCNC1.[Lr]. The number of aromatic nitrogens is 1. The van der Waals surface area contributed by atoms with Crippen molar-refractivity contribution in [2.45, 2.75) is 13.3 Å². The molecule has 1 aliphatic rings. The fourth-order valence-corrected chi connectivity index (χ4v) is 1.82. The van der Waals surface area contributed by atoms with Crippen LogP contribution in [0.4, 0.5) is 8.78 Å². The molecule has 0 aliphatic carbocycles. The summed E-state index contributed by atoms with van der Waals surface area (Å²) in [6.45, 7) is 3.78. The number of halogens is 2. The van der Waals surface area contributed by atoms with Crippen molar-refractivity contribution in [3.63, 3.8) is 0 Å². The van der Waals surface area contributed by atoms with Crippen molar-refractivity contribution >= 4 is 0 Å². The second kappa shape index (κ2) is 4.14. The van der Waals surface area contributed by atoms with E-state index in [9.17, 15) is 8.78 Å². The first-order valence-corrected chi connectivity index (χ1v) is 4.97. The summed E-state index contributed by atoms with van der Waals surface area (Å²) < 4.78 is 25.9. The van der Waals surface area contributed by atoms with Crippen LogP contribution in [0.1, 0.15) is 19.0 Å². The van der Waals surface area contributed by atoms with E-state index in [1.54, 1.807) is 6.42 Å². The van der Waals surface area contributed by atoms with Crippen molar-refractivity contribution in [3.8, 4) is 0 Å². The Labute approximate surface area is 87.7 Å². The van der Waals surface area contributed by atoms with Crippen LogP contribution in [-0.4, -0.2) is 18.1 Å². The Balaban J connectivity index is 0.00000128. The van der Waals surface area contributed by atoms with Crippen LogP contribution in [-0.2, 0) is 0 Å². The van der Waals surface area contributed by atoms with E-state index in [-0.39, 0.29) is 11.1 Å². The fourth-order valence-electron chi connectivity index (χ4n) is 1.82. The molecule has 0 amide bonds. The third kappa shape index (κ3) is 2.25. The molecule has 1 aromatic heterocycles. The van der Waals surface area contributed by atoms with Crippen molar-refractivity contribution in [3.05, 3.63) is 36.0 Å². The first-order valence-electron chi connectivity index (χ1n) is 4.97. The largest absolute Gasteiger partial charge is 0.318 e. The zero-order chi connectivity index (χ0) is 10.9. The molecule has 2 rings (SSSR count). The summed E-state index contributed by atoms with van der Waals surface area (Å²) in [6.07, 6.45) is 3.77. The minimum Gasteiger partial charge on any atom is -0.318 e. The van der Waals surface area contributed by atoms with Crippen molar-refractivity contribution in [1.29, 1.82) is 0 Å². The first kappa shape index (κ1) is 11.9. The molecule has 1 aromatic rings. The van der Waals surface area contributed by atoms with E-state index in [1.807, 2.05) is 6.92 Å². The predicted octanol–water partition coefficient (Wildman–Crippen LogP) is 1.91. The van der Waals surface area contributed by atoms with Crippen LogP contribution in [0, 0.1) is 23.5 Å². The molecule has 1 radical (unpaired) electrons. The molecule has 2 heterocycles. The minimum absolute atomic E-state index is 0. The Kier molecular flexibility index (Phi) is 3.09. The van der Waals surface area contributed by atoms with Gasteiger partial charge in [0.05, 0.1) is 6.20 Å². The normalized spacial score (nSPS) is 23.9. The molecule has 0 bridgehead atoms. The average molecular weight is 473 g/mol. The van der Waals surface area contributed by atoms with Crippen LogP contribution >= 0.6 is 0 Å². The van der Waals surface area contributed by atoms with Gasteiger partial charge in [0.1, 0.15) is 5.82 Å². The number of pyridine rings is 1. The molecule has 1 saturated heterocycles. The molecule has 0 saturated carbocycles. The van der Waals surface area contributed by atoms with Gasteiger partial charge in [0, 0.05) is 0 Å². The summed E-state index contributed by atoms with van der Waals surface area (Å²) in [6, 6.07) is 0.866. The number of hydrogen-bond donors (Lipinski definition) is 1. The Hall–Kier alpha value is -2.16. The average Bonchev–Trinajstić information content (AvgIpc) is 2.58. The molecule has 5 heteroatoms. The molecular weight excluding hydrogens is 460 g/mol. The quantitative estimate of drug-likeness (QED) is 0.665. The Morgan fingerprint density at radius 3 is 2.81 bits per heavy atom. The second-order valence-corrected chi connectivity index (χ2v) is 4.25. The van der Waals surface area contributed by atoms with Crippen molar-refractivity contribution < 1.29 is 8.78 Å². The summed E-state index contributed by atoms with van der Waals surface area (Å²) >= 11 is 0. The Morgan fingerprint density at radius 1 is 1.50 bits per heavy atom. The zero-order valence-corrected chi connectivity index (χ0v) is 11.0.